The molecule has 0 amide bonds. The molecule has 0 bridgehead atoms. The fraction of sp³-hybridized carbons (Fsp3) is 0.391. The Labute approximate surface area is 181 Å². The van der Waals surface area contributed by atoms with Crippen molar-refractivity contribution >= 4 is 22.6 Å². The van der Waals surface area contributed by atoms with E-state index in [9.17, 15) is 0 Å². The number of aliphatic imine (C=N–C) groups is 1. The van der Waals surface area contributed by atoms with Crippen LogP contribution in [0.4, 0.5) is 0 Å². The molecule has 1 aromatic carbocycles. The van der Waals surface area contributed by atoms with E-state index in [1.165, 1.54) is 35.9 Å². The SMILES string of the molecule is CCCCC(CNCc1ccc(C2=NCC#CS2)cc1)c1cc(C)nc2ncnn12. The Morgan fingerprint density at radius 3 is 2.90 bits per heavy atom. The molecule has 0 fully saturated rings. The summed E-state index contributed by atoms with van der Waals surface area (Å²) in [5, 5.41) is 12.1. The summed E-state index contributed by atoms with van der Waals surface area (Å²) in [6, 6.07) is 10.7. The average Bonchev–Trinajstić information content (AvgIpc) is 3.25. The highest BCUT2D eigenvalue weighted by Gasteiger charge is 2.17. The molecule has 4 rings (SSSR count). The number of hydrogen-bond donors (Lipinski definition) is 1. The van der Waals surface area contributed by atoms with Gasteiger partial charge in [0.05, 0.1) is 5.69 Å². The van der Waals surface area contributed by atoms with Crippen molar-refractivity contribution in [1.82, 2.24) is 24.9 Å². The highest BCUT2D eigenvalue weighted by Crippen LogP contribution is 2.23. The number of aromatic nitrogens is 4. The van der Waals surface area contributed by atoms with Crippen molar-refractivity contribution < 1.29 is 0 Å². The molecule has 1 aliphatic heterocycles. The minimum atomic E-state index is 0.363. The van der Waals surface area contributed by atoms with Crippen LogP contribution in [0.15, 0.2) is 41.7 Å². The Hall–Kier alpha value is -2.69. The van der Waals surface area contributed by atoms with E-state index in [0.717, 1.165) is 35.8 Å². The molecule has 3 aromatic rings. The first-order chi connectivity index (χ1) is 14.7. The van der Waals surface area contributed by atoms with Crippen LogP contribution in [0.3, 0.4) is 0 Å². The van der Waals surface area contributed by atoms with Crippen molar-refractivity contribution in [3.63, 3.8) is 0 Å². The molecule has 3 heterocycles. The number of rotatable bonds is 9. The van der Waals surface area contributed by atoms with Crippen LogP contribution in [0, 0.1) is 18.1 Å². The largest absolute Gasteiger partial charge is 0.312 e. The van der Waals surface area contributed by atoms with Crippen molar-refractivity contribution in [3.8, 4) is 11.2 Å². The molecule has 0 aliphatic carbocycles. The lowest BCUT2D eigenvalue weighted by atomic mass is 9.97. The van der Waals surface area contributed by atoms with E-state index in [2.05, 4.69) is 73.8 Å². The van der Waals surface area contributed by atoms with Crippen molar-refractivity contribution in [1.29, 1.82) is 0 Å². The second-order valence-electron chi connectivity index (χ2n) is 7.46. The number of fused-ring (bicyclic) bond motifs is 1. The topological polar surface area (TPSA) is 67.5 Å². The maximum Gasteiger partial charge on any atom is 0.252 e. The fourth-order valence-electron chi connectivity index (χ4n) is 3.62. The van der Waals surface area contributed by atoms with Crippen molar-refractivity contribution in [2.75, 3.05) is 13.1 Å². The summed E-state index contributed by atoms with van der Waals surface area (Å²) in [5.74, 6) is 4.02. The summed E-state index contributed by atoms with van der Waals surface area (Å²) in [4.78, 5) is 13.2. The fourth-order valence-corrected chi connectivity index (χ4v) is 4.24. The van der Waals surface area contributed by atoms with Gasteiger partial charge in [-0.3, -0.25) is 4.99 Å². The van der Waals surface area contributed by atoms with Crippen LogP contribution in [0.25, 0.3) is 5.78 Å². The van der Waals surface area contributed by atoms with Gasteiger partial charge in [0, 0.05) is 30.3 Å². The zero-order valence-electron chi connectivity index (χ0n) is 17.4. The molecule has 2 aromatic heterocycles. The predicted molar refractivity (Wildman–Crippen MR) is 123 cm³/mol. The Morgan fingerprint density at radius 1 is 1.27 bits per heavy atom. The maximum atomic E-state index is 4.48. The summed E-state index contributed by atoms with van der Waals surface area (Å²) in [7, 11) is 0. The van der Waals surface area contributed by atoms with E-state index in [-0.39, 0.29) is 0 Å². The van der Waals surface area contributed by atoms with Gasteiger partial charge in [-0.2, -0.15) is 10.1 Å². The average molecular weight is 419 g/mol. The predicted octanol–water partition coefficient (Wildman–Crippen LogP) is 3.95. The number of hydrogen-bond acceptors (Lipinski definition) is 6. The monoisotopic (exact) mass is 418 g/mol. The van der Waals surface area contributed by atoms with E-state index in [1.807, 2.05) is 11.4 Å². The van der Waals surface area contributed by atoms with Crippen LogP contribution in [0.2, 0.25) is 0 Å². The molecule has 6 nitrogen and oxygen atoms in total. The zero-order valence-corrected chi connectivity index (χ0v) is 18.2. The minimum absolute atomic E-state index is 0.363. The van der Waals surface area contributed by atoms with Crippen molar-refractivity contribution in [3.05, 3.63) is 59.2 Å². The van der Waals surface area contributed by atoms with E-state index in [4.69, 9.17) is 0 Å². The first-order valence-electron chi connectivity index (χ1n) is 10.4. The van der Waals surface area contributed by atoms with Gasteiger partial charge in [0.1, 0.15) is 17.9 Å². The lowest BCUT2D eigenvalue weighted by molar-refractivity contribution is 0.509. The Balaban J connectivity index is 1.42. The molecule has 1 aliphatic rings. The van der Waals surface area contributed by atoms with E-state index >= 15 is 0 Å². The third kappa shape index (κ3) is 4.89. The number of aryl methyl sites for hydroxylation is 1. The highest BCUT2D eigenvalue weighted by molar-refractivity contribution is 8.18. The van der Waals surface area contributed by atoms with Crippen molar-refractivity contribution in [2.45, 2.75) is 45.6 Å². The molecular formula is C23H26N6S. The van der Waals surface area contributed by atoms with Gasteiger partial charge in [-0.1, -0.05) is 50.0 Å². The normalized spacial score (nSPS) is 14.3. The zero-order chi connectivity index (χ0) is 20.8. The molecular weight excluding hydrogens is 392 g/mol. The third-order valence-corrected chi connectivity index (χ3v) is 5.98. The Bertz CT molecular complexity index is 1090. The van der Waals surface area contributed by atoms with E-state index < -0.39 is 0 Å². The standard InChI is InChI=1S/C23H26N6S/c1-3-4-6-20(21-13-17(2)28-23-26-16-27-29(21)23)15-24-14-18-7-9-19(10-8-18)22-25-11-5-12-30-22/h7-10,13,16,20,24H,3-4,6,11,14-15H2,1-2H3. The minimum Gasteiger partial charge on any atom is -0.312 e. The second kappa shape index (κ2) is 9.88. The van der Waals surface area contributed by atoms with Gasteiger partial charge in [-0.25, -0.2) is 9.50 Å². The smallest absolute Gasteiger partial charge is 0.252 e. The lowest BCUT2D eigenvalue weighted by Crippen LogP contribution is -2.23. The molecule has 7 heteroatoms. The highest BCUT2D eigenvalue weighted by atomic mass is 32.2. The summed E-state index contributed by atoms with van der Waals surface area (Å²) in [6.45, 7) is 6.56. The Morgan fingerprint density at radius 2 is 2.13 bits per heavy atom. The molecule has 154 valence electrons. The van der Waals surface area contributed by atoms with Crippen LogP contribution in [0.5, 0.6) is 0 Å². The van der Waals surface area contributed by atoms with Gasteiger partial charge < -0.3 is 5.32 Å². The van der Waals surface area contributed by atoms with E-state index in [1.54, 1.807) is 6.33 Å². The lowest BCUT2D eigenvalue weighted by Gasteiger charge is -2.19. The molecule has 0 saturated carbocycles. The summed E-state index contributed by atoms with van der Waals surface area (Å²) >= 11 is 1.51. The molecule has 0 saturated heterocycles. The summed E-state index contributed by atoms with van der Waals surface area (Å²) in [6.07, 6.45) is 5.05. The third-order valence-electron chi connectivity index (χ3n) is 5.17. The van der Waals surface area contributed by atoms with Crippen LogP contribution < -0.4 is 5.32 Å². The van der Waals surface area contributed by atoms with E-state index in [0.29, 0.717) is 18.2 Å². The first kappa shape index (κ1) is 20.6. The van der Waals surface area contributed by atoms with Crippen LogP contribution >= 0.6 is 11.8 Å². The van der Waals surface area contributed by atoms with Gasteiger partial charge in [0.15, 0.2) is 0 Å². The van der Waals surface area contributed by atoms with Crippen LogP contribution in [-0.4, -0.2) is 37.7 Å². The maximum absolute atomic E-state index is 4.48. The van der Waals surface area contributed by atoms with Crippen LogP contribution in [0.1, 0.15) is 54.6 Å². The summed E-state index contributed by atoms with van der Waals surface area (Å²) < 4.78 is 1.88. The number of nitrogens with one attached hydrogen (secondary N) is 1. The van der Waals surface area contributed by atoms with Gasteiger partial charge in [-0.05, 0) is 42.0 Å². The van der Waals surface area contributed by atoms with Gasteiger partial charge >= 0.3 is 0 Å². The Kier molecular flexibility index (Phi) is 6.77. The van der Waals surface area contributed by atoms with Gasteiger partial charge in [0.2, 0.25) is 0 Å². The quantitative estimate of drug-likeness (QED) is 0.533. The molecule has 30 heavy (non-hydrogen) atoms. The molecule has 0 radical (unpaired) electrons. The molecule has 1 atom stereocenters. The number of benzene rings is 1. The van der Waals surface area contributed by atoms with Crippen LogP contribution in [-0.2, 0) is 6.54 Å². The number of nitrogens with zero attached hydrogens (tertiary/aromatic N) is 5. The molecule has 1 unspecified atom stereocenters. The summed E-state index contributed by atoms with van der Waals surface area (Å²) in [5.41, 5.74) is 4.56. The first-order valence-corrected chi connectivity index (χ1v) is 11.2. The van der Waals surface area contributed by atoms with Crippen molar-refractivity contribution in [2.24, 2.45) is 4.99 Å². The molecule has 1 N–H and O–H groups in total. The van der Waals surface area contributed by atoms with Gasteiger partial charge in [0.25, 0.3) is 5.78 Å². The number of thioether (sulfide) groups is 1. The molecule has 0 spiro atoms. The number of unbranched alkanes of at least 4 members (excludes halogenated alkanes) is 1. The second-order valence-corrected chi connectivity index (χ2v) is 8.26. The van der Waals surface area contributed by atoms with Gasteiger partial charge in [-0.15, -0.1) is 0 Å².